The van der Waals surface area contributed by atoms with Crippen molar-refractivity contribution in [3.8, 4) is 11.1 Å². The standard InChI is InChI=1S/C21H22N2O3/c1-23(13-19-14-25-10-11-26-19)21(24)17-5-2-15(3-6-17)18-7-4-16-8-9-22-20(16)12-18/h2-9,12,19,22H,10-11,13-14H2,1H3. The number of carbonyl (C=O) groups is 1. The molecule has 0 spiro atoms. The number of hydrogen-bond acceptors (Lipinski definition) is 3. The van der Waals surface area contributed by atoms with Crippen molar-refractivity contribution >= 4 is 16.8 Å². The van der Waals surface area contributed by atoms with Crippen LogP contribution in [0.1, 0.15) is 10.4 Å². The summed E-state index contributed by atoms with van der Waals surface area (Å²) in [6.45, 7) is 2.29. The maximum absolute atomic E-state index is 12.6. The van der Waals surface area contributed by atoms with Gasteiger partial charge >= 0.3 is 0 Å². The minimum atomic E-state index is -0.0514. The van der Waals surface area contributed by atoms with Gasteiger partial charge in [-0.05, 0) is 40.8 Å². The Bertz CT molecular complexity index is 895. The number of nitrogens with zero attached hydrogens (tertiary/aromatic N) is 1. The lowest BCUT2D eigenvalue weighted by atomic mass is 10.0. The third-order valence-corrected chi connectivity index (χ3v) is 4.73. The summed E-state index contributed by atoms with van der Waals surface area (Å²) in [5.74, 6) is -0.00876. The highest BCUT2D eigenvalue weighted by atomic mass is 16.6. The molecule has 5 nitrogen and oxygen atoms in total. The third-order valence-electron chi connectivity index (χ3n) is 4.73. The van der Waals surface area contributed by atoms with Crippen molar-refractivity contribution in [2.45, 2.75) is 6.10 Å². The first-order valence-corrected chi connectivity index (χ1v) is 8.83. The second-order valence-corrected chi connectivity index (χ2v) is 6.61. The Morgan fingerprint density at radius 1 is 1.12 bits per heavy atom. The van der Waals surface area contributed by atoms with E-state index < -0.39 is 0 Å². The molecule has 3 aromatic rings. The lowest BCUT2D eigenvalue weighted by Crippen LogP contribution is -2.40. The molecule has 0 aliphatic carbocycles. The minimum Gasteiger partial charge on any atom is -0.376 e. The summed E-state index contributed by atoms with van der Waals surface area (Å²) in [6, 6.07) is 16.1. The van der Waals surface area contributed by atoms with E-state index in [-0.39, 0.29) is 12.0 Å². The zero-order chi connectivity index (χ0) is 17.9. The molecule has 1 N–H and O–H groups in total. The fraction of sp³-hybridized carbons (Fsp3) is 0.286. The molecular weight excluding hydrogens is 328 g/mol. The normalized spacial score (nSPS) is 17.3. The molecule has 1 fully saturated rings. The monoisotopic (exact) mass is 350 g/mol. The smallest absolute Gasteiger partial charge is 0.253 e. The van der Waals surface area contributed by atoms with Crippen LogP contribution in [0.3, 0.4) is 0 Å². The van der Waals surface area contributed by atoms with Crippen LogP contribution in [0.15, 0.2) is 54.7 Å². The summed E-state index contributed by atoms with van der Waals surface area (Å²) in [5, 5.41) is 1.19. The fourth-order valence-electron chi connectivity index (χ4n) is 3.28. The highest BCUT2D eigenvalue weighted by Crippen LogP contribution is 2.24. The Kier molecular flexibility index (Phi) is 4.73. The molecule has 134 valence electrons. The van der Waals surface area contributed by atoms with Gasteiger partial charge in [0.25, 0.3) is 5.91 Å². The molecule has 5 heteroatoms. The van der Waals surface area contributed by atoms with Crippen molar-refractivity contribution in [1.82, 2.24) is 9.88 Å². The topological polar surface area (TPSA) is 54.6 Å². The van der Waals surface area contributed by atoms with Crippen LogP contribution in [-0.2, 0) is 9.47 Å². The number of carbonyl (C=O) groups excluding carboxylic acids is 1. The van der Waals surface area contributed by atoms with E-state index >= 15 is 0 Å². The molecule has 0 radical (unpaired) electrons. The van der Waals surface area contributed by atoms with E-state index in [0.717, 1.165) is 16.6 Å². The van der Waals surface area contributed by atoms with Gasteiger partial charge < -0.3 is 19.4 Å². The van der Waals surface area contributed by atoms with Gasteiger partial charge in [0, 0.05) is 30.9 Å². The van der Waals surface area contributed by atoms with Gasteiger partial charge in [-0.2, -0.15) is 0 Å². The van der Waals surface area contributed by atoms with Gasteiger partial charge in [0.05, 0.1) is 25.9 Å². The van der Waals surface area contributed by atoms with Crippen molar-refractivity contribution in [3.05, 3.63) is 60.3 Å². The van der Waals surface area contributed by atoms with Gasteiger partial charge in [-0.15, -0.1) is 0 Å². The molecule has 1 aliphatic heterocycles. The Morgan fingerprint density at radius 2 is 1.92 bits per heavy atom. The van der Waals surface area contributed by atoms with Gasteiger partial charge in [-0.1, -0.05) is 24.3 Å². The molecule has 1 unspecified atom stereocenters. The minimum absolute atomic E-state index is 0.00876. The number of aromatic nitrogens is 1. The molecule has 4 rings (SSSR count). The van der Waals surface area contributed by atoms with Gasteiger partial charge in [0.1, 0.15) is 0 Å². The molecule has 2 aromatic carbocycles. The first-order valence-electron chi connectivity index (χ1n) is 8.83. The quantitative estimate of drug-likeness (QED) is 0.785. The van der Waals surface area contributed by atoms with Crippen molar-refractivity contribution in [1.29, 1.82) is 0 Å². The number of aromatic amines is 1. The zero-order valence-corrected chi connectivity index (χ0v) is 14.8. The van der Waals surface area contributed by atoms with Crippen LogP contribution in [0.4, 0.5) is 0 Å². The number of benzene rings is 2. The van der Waals surface area contributed by atoms with E-state index in [0.29, 0.717) is 31.9 Å². The highest BCUT2D eigenvalue weighted by molar-refractivity contribution is 5.94. The van der Waals surface area contributed by atoms with Crippen LogP contribution >= 0.6 is 0 Å². The Labute approximate surface area is 152 Å². The highest BCUT2D eigenvalue weighted by Gasteiger charge is 2.20. The Morgan fingerprint density at radius 3 is 2.69 bits per heavy atom. The van der Waals surface area contributed by atoms with Crippen LogP contribution in [0.5, 0.6) is 0 Å². The molecule has 0 saturated carbocycles. The molecule has 1 aromatic heterocycles. The van der Waals surface area contributed by atoms with E-state index in [9.17, 15) is 4.79 Å². The predicted octanol–water partition coefficient (Wildman–Crippen LogP) is 3.32. The van der Waals surface area contributed by atoms with Crippen molar-refractivity contribution < 1.29 is 14.3 Å². The summed E-state index contributed by atoms with van der Waals surface area (Å²) in [5.41, 5.74) is 4.00. The Balaban J connectivity index is 1.46. The number of likely N-dealkylation sites (N-methyl/N-ethyl adjacent to an activating group) is 1. The van der Waals surface area contributed by atoms with Crippen molar-refractivity contribution in [2.75, 3.05) is 33.4 Å². The van der Waals surface area contributed by atoms with E-state index in [2.05, 4.69) is 29.2 Å². The van der Waals surface area contributed by atoms with Crippen LogP contribution in [-0.4, -0.2) is 55.3 Å². The van der Waals surface area contributed by atoms with Gasteiger partial charge in [-0.3, -0.25) is 4.79 Å². The van der Waals surface area contributed by atoms with Gasteiger partial charge in [0.2, 0.25) is 0 Å². The van der Waals surface area contributed by atoms with Crippen LogP contribution in [0.25, 0.3) is 22.0 Å². The fourth-order valence-corrected chi connectivity index (χ4v) is 3.28. The van der Waals surface area contributed by atoms with Crippen molar-refractivity contribution in [3.63, 3.8) is 0 Å². The van der Waals surface area contributed by atoms with E-state index in [1.54, 1.807) is 11.9 Å². The summed E-state index contributed by atoms with van der Waals surface area (Å²) in [7, 11) is 1.80. The summed E-state index contributed by atoms with van der Waals surface area (Å²) < 4.78 is 11.0. The second-order valence-electron chi connectivity index (χ2n) is 6.61. The average molecular weight is 350 g/mol. The number of hydrogen-bond donors (Lipinski definition) is 1. The maximum Gasteiger partial charge on any atom is 0.253 e. The zero-order valence-electron chi connectivity index (χ0n) is 14.8. The third kappa shape index (κ3) is 3.49. The number of amides is 1. The lowest BCUT2D eigenvalue weighted by molar-refractivity contribution is -0.0933. The second kappa shape index (κ2) is 7.32. The SMILES string of the molecule is CN(CC1COCCO1)C(=O)c1ccc(-c2ccc3cc[nH]c3c2)cc1. The predicted molar refractivity (Wildman–Crippen MR) is 101 cm³/mol. The maximum atomic E-state index is 12.6. The molecule has 1 saturated heterocycles. The molecule has 1 aliphatic rings. The largest absolute Gasteiger partial charge is 0.376 e. The van der Waals surface area contributed by atoms with E-state index in [4.69, 9.17) is 9.47 Å². The van der Waals surface area contributed by atoms with Crippen LogP contribution < -0.4 is 0 Å². The molecule has 0 bridgehead atoms. The number of nitrogens with one attached hydrogen (secondary N) is 1. The summed E-state index contributed by atoms with van der Waals surface area (Å²) in [6.07, 6.45) is 1.89. The first kappa shape index (κ1) is 16.8. The average Bonchev–Trinajstić information content (AvgIpc) is 3.16. The Hall–Kier alpha value is -2.63. The summed E-state index contributed by atoms with van der Waals surface area (Å²) >= 11 is 0. The van der Waals surface area contributed by atoms with Gasteiger partial charge in [0.15, 0.2) is 0 Å². The lowest BCUT2D eigenvalue weighted by Gasteiger charge is -2.27. The van der Waals surface area contributed by atoms with E-state index in [1.165, 1.54) is 5.39 Å². The molecule has 1 atom stereocenters. The van der Waals surface area contributed by atoms with Crippen molar-refractivity contribution in [2.24, 2.45) is 0 Å². The molecule has 2 heterocycles. The number of ether oxygens (including phenoxy) is 2. The molecule has 26 heavy (non-hydrogen) atoms. The van der Waals surface area contributed by atoms with Crippen LogP contribution in [0, 0.1) is 0 Å². The number of rotatable bonds is 4. The number of H-pyrrole nitrogens is 1. The first-order chi connectivity index (χ1) is 12.7. The molecule has 1 amide bonds. The van der Waals surface area contributed by atoms with Gasteiger partial charge in [-0.25, -0.2) is 0 Å². The van der Waals surface area contributed by atoms with Crippen LogP contribution in [0.2, 0.25) is 0 Å². The summed E-state index contributed by atoms with van der Waals surface area (Å²) in [4.78, 5) is 17.6. The molecular formula is C21H22N2O3. The van der Waals surface area contributed by atoms with E-state index in [1.807, 2.05) is 30.5 Å². The number of fused-ring (bicyclic) bond motifs is 1.